The van der Waals surface area contributed by atoms with Crippen LogP contribution in [0.1, 0.15) is 20.9 Å². The molecule has 0 fully saturated rings. The lowest BCUT2D eigenvalue weighted by Gasteiger charge is -2.05. The van der Waals surface area contributed by atoms with Gasteiger partial charge in [-0.2, -0.15) is 0 Å². The lowest BCUT2D eigenvalue weighted by Crippen LogP contribution is -2.07. The van der Waals surface area contributed by atoms with Crippen LogP contribution in [0.4, 0.5) is 5.69 Å². The number of halogens is 1. The predicted octanol–water partition coefficient (Wildman–Crippen LogP) is 2.96. The Morgan fingerprint density at radius 2 is 2.12 bits per heavy atom. The molecule has 2 aromatic rings. The maximum Gasteiger partial charge on any atom is 0.339 e. The number of pyridine rings is 1. The number of aromatic carboxylic acids is 1. The molecule has 3 N–H and O–H groups in total. The molecule has 6 heteroatoms. The van der Waals surface area contributed by atoms with Crippen LogP contribution in [0.15, 0.2) is 4.47 Å². The van der Waals surface area contributed by atoms with Gasteiger partial charge in [-0.15, -0.1) is 11.3 Å². The Bertz CT molecular complexity index is 607. The van der Waals surface area contributed by atoms with Gasteiger partial charge in [0.2, 0.25) is 0 Å². The number of hydrogen-bond donors (Lipinski definition) is 2. The van der Waals surface area contributed by atoms with Crippen LogP contribution in [0.5, 0.6) is 0 Å². The van der Waals surface area contributed by atoms with Crippen molar-refractivity contribution in [1.29, 1.82) is 0 Å². The molecule has 2 aromatic heterocycles. The van der Waals surface area contributed by atoms with E-state index in [9.17, 15) is 4.79 Å². The summed E-state index contributed by atoms with van der Waals surface area (Å²) in [5.41, 5.74) is 6.71. The fourth-order valence-electron chi connectivity index (χ4n) is 1.62. The van der Waals surface area contributed by atoms with E-state index in [1.807, 2.05) is 6.92 Å². The van der Waals surface area contributed by atoms with E-state index in [4.69, 9.17) is 10.8 Å². The Morgan fingerprint density at radius 3 is 2.69 bits per heavy atom. The summed E-state index contributed by atoms with van der Waals surface area (Å²) >= 11 is 4.90. The third kappa shape index (κ3) is 1.49. The van der Waals surface area contributed by atoms with E-state index in [1.165, 1.54) is 11.3 Å². The fourth-order valence-corrected chi connectivity index (χ4v) is 3.37. The molecule has 0 radical (unpaired) electrons. The minimum Gasteiger partial charge on any atom is -0.478 e. The Kier molecular flexibility index (Phi) is 2.63. The molecule has 2 heterocycles. The molecule has 0 bridgehead atoms. The van der Waals surface area contributed by atoms with Gasteiger partial charge in [-0.1, -0.05) is 0 Å². The summed E-state index contributed by atoms with van der Waals surface area (Å²) in [5.74, 6) is -1.04. The van der Waals surface area contributed by atoms with Crippen molar-refractivity contribution < 1.29 is 9.90 Å². The van der Waals surface area contributed by atoms with Crippen LogP contribution in [0.3, 0.4) is 0 Å². The van der Waals surface area contributed by atoms with Gasteiger partial charge in [-0.3, -0.25) is 0 Å². The van der Waals surface area contributed by atoms with E-state index in [1.54, 1.807) is 6.92 Å². The van der Waals surface area contributed by atoms with Gasteiger partial charge in [-0.05, 0) is 29.8 Å². The number of nitrogens with two attached hydrogens (primary N) is 1. The Morgan fingerprint density at radius 1 is 1.50 bits per heavy atom. The zero-order chi connectivity index (χ0) is 12.0. The van der Waals surface area contributed by atoms with Crippen molar-refractivity contribution in [2.45, 2.75) is 13.8 Å². The van der Waals surface area contributed by atoms with E-state index in [0.717, 1.165) is 14.2 Å². The summed E-state index contributed by atoms with van der Waals surface area (Å²) in [5, 5.41) is 9.77. The minimum absolute atomic E-state index is 0.0889. The van der Waals surface area contributed by atoms with Gasteiger partial charge in [0.25, 0.3) is 0 Å². The highest BCUT2D eigenvalue weighted by Crippen LogP contribution is 2.39. The van der Waals surface area contributed by atoms with E-state index >= 15 is 0 Å². The largest absolute Gasteiger partial charge is 0.478 e. The maximum absolute atomic E-state index is 11.1. The molecular formula is C10H9BrN2O2S. The molecule has 0 spiro atoms. The highest BCUT2D eigenvalue weighted by molar-refractivity contribution is 9.10. The monoisotopic (exact) mass is 300 g/mol. The number of thiophene rings is 1. The van der Waals surface area contributed by atoms with Crippen molar-refractivity contribution >= 4 is 49.1 Å². The number of carboxylic acids is 1. The van der Waals surface area contributed by atoms with Crippen LogP contribution in [0, 0.1) is 13.8 Å². The smallest absolute Gasteiger partial charge is 0.339 e. The Labute approximate surface area is 104 Å². The van der Waals surface area contributed by atoms with E-state index in [-0.39, 0.29) is 11.3 Å². The SMILES string of the molecule is Cc1nc2sc(C)c(Br)c2c(N)c1C(=O)O. The number of anilines is 1. The van der Waals surface area contributed by atoms with Crippen molar-refractivity contribution in [2.75, 3.05) is 5.73 Å². The highest BCUT2D eigenvalue weighted by atomic mass is 79.9. The van der Waals surface area contributed by atoms with Crippen LogP contribution in [0.2, 0.25) is 0 Å². The number of nitrogen functional groups attached to an aromatic ring is 1. The molecule has 0 saturated carbocycles. The summed E-state index contributed by atoms with van der Waals surface area (Å²) in [4.78, 5) is 17.1. The van der Waals surface area contributed by atoms with Crippen molar-refractivity contribution in [3.63, 3.8) is 0 Å². The van der Waals surface area contributed by atoms with E-state index in [2.05, 4.69) is 20.9 Å². The number of aryl methyl sites for hydroxylation is 2. The van der Waals surface area contributed by atoms with Crippen molar-refractivity contribution in [1.82, 2.24) is 4.98 Å². The van der Waals surface area contributed by atoms with E-state index < -0.39 is 5.97 Å². The minimum atomic E-state index is -1.04. The third-order valence-corrected chi connectivity index (χ3v) is 4.63. The Balaban J connectivity index is 2.96. The number of nitrogens with zero attached hydrogens (tertiary/aromatic N) is 1. The second kappa shape index (κ2) is 3.71. The molecule has 0 aliphatic rings. The van der Waals surface area contributed by atoms with Gasteiger partial charge in [0.1, 0.15) is 10.4 Å². The van der Waals surface area contributed by atoms with Gasteiger partial charge in [0.05, 0.1) is 11.4 Å². The lowest BCUT2D eigenvalue weighted by molar-refractivity contribution is 0.0697. The highest BCUT2D eigenvalue weighted by Gasteiger charge is 2.20. The van der Waals surface area contributed by atoms with Crippen LogP contribution < -0.4 is 5.73 Å². The molecule has 0 atom stereocenters. The Hall–Kier alpha value is -1.14. The first kappa shape index (κ1) is 11.3. The number of rotatable bonds is 1. The molecule has 0 saturated heterocycles. The van der Waals surface area contributed by atoms with Crippen molar-refractivity contribution in [2.24, 2.45) is 0 Å². The first-order valence-electron chi connectivity index (χ1n) is 4.51. The molecule has 0 aliphatic carbocycles. The van der Waals surface area contributed by atoms with Gasteiger partial charge >= 0.3 is 5.97 Å². The summed E-state index contributed by atoms with van der Waals surface area (Å²) in [6, 6.07) is 0. The summed E-state index contributed by atoms with van der Waals surface area (Å²) < 4.78 is 0.833. The number of fused-ring (bicyclic) bond motifs is 1. The molecule has 0 unspecified atom stereocenters. The van der Waals surface area contributed by atoms with E-state index in [0.29, 0.717) is 11.1 Å². The number of carbonyl (C=O) groups is 1. The van der Waals surface area contributed by atoms with Gasteiger partial charge < -0.3 is 10.8 Å². The second-order valence-electron chi connectivity index (χ2n) is 3.44. The molecule has 84 valence electrons. The summed E-state index contributed by atoms with van der Waals surface area (Å²) in [6.45, 7) is 3.59. The van der Waals surface area contributed by atoms with Crippen LogP contribution in [0.25, 0.3) is 10.2 Å². The predicted molar refractivity (Wildman–Crippen MR) is 68.2 cm³/mol. The van der Waals surface area contributed by atoms with Crippen molar-refractivity contribution in [3.05, 3.63) is 20.6 Å². The van der Waals surface area contributed by atoms with Crippen LogP contribution in [-0.2, 0) is 0 Å². The summed E-state index contributed by atoms with van der Waals surface area (Å²) in [6.07, 6.45) is 0. The number of carboxylic acid groups (broad SMARTS) is 1. The first-order valence-corrected chi connectivity index (χ1v) is 6.12. The number of hydrogen-bond acceptors (Lipinski definition) is 4. The molecule has 16 heavy (non-hydrogen) atoms. The molecule has 4 nitrogen and oxygen atoms in total. The maximum atomic E-state index is 11.1. The average Bonchev–Trinajstić information content (AvgIpc) is 2.41. The summed E-state index contributed by atoms with van der Waals surface area (Å²) in [7, 11) is 0. The average molecular weight is 301 g/mol. The normalized spacial score (nSPS) is 10.9. The van der Waals surface area contributed by atoms with Gasteiger partial charge in [0.15, 0.2) is 0 Å². The van der Waals surface area contributed by atoms with Crippen LogP contribution >= 0.6 is 27.3 Å². The first-order chi connectivity index (χ1) is 7.43. The van der Waals surface area contributed by atoms with Crippen molar-refractivity contribution in [3.8, 4) is 0 Å². The fraction of sp³-hybridized carbons (Fsp3) is 0.200. The third-order valence-electron chi connectivity index (χ3n) is 2.38. The van der Waals surface area contributed by atoms with Crippen LogP contribution in [-0.4, -0.2) is 16.1 Å². The number of aromatic nitrogens is 1. The molecule has 0 aromatic carbocycles. The zero-order valence-electron chi connectivity index (χ0n) is 8.67. The lowest BCUT2D eigenvalue weighted by atomic mass is 10.1. The van der Waals surface area contributed by atoms with Gasteiger partial charge in [-0.25, -0.2) is 9.78 Å². The van der Waals surface area contributed by atoms with Gasteiger partial charge in [0, 0.05) is 14.7 Å². The second-order valence-corrected chi connectivity index (χ2v) is 5.44. The molecule has 0 amide bonds. The molecule has 2 rings (SSSR count). The topological polar surface area (TPSA) is 76.2 Å². The standard InChI is InChI=1S/C10H9BrN2O2S/c1-3-5(10(14)15)8(12)6-7(11)4(2)16-9(6)13-3/h1-2H3,(H2,12,13)(H,14,15). The zero-order valence-corrected chi connectivity index (χ0v) is 11.1. The molecule has 0 aliphatic heterocycles. The molecular weight excluding hydrogens is 292 g/mol. The quantitative estimate of drug-likeness (QED) is 0.849.